The maximum atomic E-state index is 5.35. The van der Waals surface area contributed by atoms with Crippen LogP contribution in [-0.4, -0.2) is 20.3 Å². The van der Waals surface area contributed by atoms with Crippen LogP contribution in [0, 0.1) is 11.8 Å². The normalized spacial score (nSPS) is 25.2. The van der Waals surface area contributed by atoms with E-state index in [1.165, 1.54) is 31.2 Å². The Morgan fingerprint density at radius 3 is 2.47 bits per heavy atom. The van der Waals surface area contributed by atoms with Crippen LogP contribution in [0.2, 0.25) is 0 Å². The molecule has 0 heterocycles. The molecule has 1 aliphatic carbocycles. The van der Waals surface area contributed by atoms with E-state index < -0.39 is 0 Å². The lowest BCUT2D eigenvalue weighted by Crippen LogP contribution is -2.31. The molecule has 1 unspecified atom stereocenters. The van der Waals surface area contributed by atoms with Gasteiger partial charge in [0.2, 0.25) is 0 Å². The number of rotatable bonds is 6. The molecule has 2 heteroatoms. The molecule has 1 aliphatic rings. The smallest absolute Gasteiger partial charge is 0.0657 e. The Morgan fingerprint density at radius 2 is 1.84 bits per heavy atom. The van der Waals surface area contributed by atoms with Crippen molar-refractivity contribution < 1.29 is 4.74 Å². The molecular weight excluding hydrogens is 234 g/mol. The Labute approximate surface area is 117 Å². The van der Waals surface area contributed by atoms with Crippen molar-refractivity contribution in [2.75, 3.05) is 20.3 Å². The predicted octanol–water partition coefficient (Wildman–Crippen LogP) is 3.79. The summed E-state index contributed by atoms with van der Waals surface area (Å²) in [6, 6.07) is 10.9. The summed E-state index contributed by atoms with van der Waals surface area (Å²) in [6.45, 7) is 4.24. The molecule has 2 nitrogen and oxygen atoms in total. The van der Waals surface area contributed by atoms with Gasteiger partial charge in [0.25, 0.3) is 0 Å². The van der Waals surface area contributed by atoms with E-state index in [0.717, 1.165) is 25.0 Å². The van der Waals surface area contributed by atoms with Gasteiger partial charge in [-0.3, -0.25) is 0 Å². The lowest BCUT2D eigenvalue weighted by Gasteiger charge is -2.28. The topological polar surface area (TPSA) is 21.3 Å². The lowest BCUT2D eigenvalue weighted by molar-refractivity contribution is 0.160. The maximum absolute atomic E-state index is 5.35. The van der Waals surface area contributed by atoms with Gasteiger partial charge in [0.1, 0.15) is 0 Å². The zero-order valence-corrected chi connectivity index (χ0v) is 12.3. The molecule has 0 bridgehead atoms. The average Bonchev–Trinajstić information content (AvgIpc) is 2.46. The molecule has 1 saturated carbocycles. The number of hydrogen-bond donors (Lipinski definition) is 1. The largest absolute Gasteiger partial charge is 0.383 e. The van der Waals surface area contributed by atoms with Gasteiger partial charge in [-0.25, -0.2) is 0 Å². The van der Waals surface area contributed by atoms with Crippen LogP contribution in [-0.2, 0) is 4.74 Å². The molecule has 1 fully saturated rings. The Morgan fingerprint density at radius 1 is 1.16 bits per heavy atom. The molecule has 0 radical (unpaired) electrons. The van der Waals surface area contributed by atoms with Crippen molar-refractivity contribution in [3.63, 3.8) is 0 Å². The number of benzene rings is 1. The molecule has 0 aliphatic heterocycles. The van der Waals surface area contributed by atoms with Crippen molar-refractivity contribution in [1.82, 2.24) is 5.32 Å². The highest BCUT2D eigenvalue weighted by Crippen LogP contribution is 2.28. The van der Waals surface area contributed by atoms with Gasteiger partial charge >= 0.3 is 0 Å². The zero-order chi connectivity index (χ0) is 13.5. The number of ether oxygens (including phenoxy) is 1. The third-order valence-electron chi connectivity index (χ3n) is 4.32. The van der Waals surface area contributed by atoms with Gasteiger partial charge in [-0.1, -0.05) is 50.1 Å². The molecule has 106 valence electrons. The van der Waals surface area contributed by atoms with Gasteiger partial charge in [0, 0.05) is 7.11 Å². The van der Waals surface area contributed by atoms with Crippen LogP contribution in [0.25, 0.3) is 0 Å². The highest BCUT2D eigenvalue weighted by molar-refractivity contribution is 5.18. The second-order valence-electron chi connectivity index (χ2n) is 5.95. The van der Waals surface area contributed by atoms with Crippen molar-refractivity contribution in [2.45, 2.75) is 38.6 Å². The van der Waals surface area contributed by atoms with E-state index in [0.29, 0.717) is 6.04 Å². The Hall–Kier alpha value is -0.860. The first-order valence-corrected chi connectivity index (χ1v) is 7.57. The van der Waals surface area contributed by atoms with Crippen molar-refractivity contribution in [3.8, 4) is 0 Å². The molecule has 1 aromatic carbocycles. The summed E-state index contributed by atoms with van der Waals surface area (Å²) in [5.41, 5.74) is 1.33. The number of nitrogens with one attached hydrogen (secondary N) is 1. The first-order valence-electron chi connectivity index (χ1n) is 7.57. The van der Waals surface area contributed by atoms with Gasteiger partial charge in [0.05, 0.1) is 12.6 Å². The van der Waals surface area contributed by atoms with Crippen LogP contribution in [0.3, 0.4) is 0 Å². The molecular formula is C17H27NO. The minimum atomic E-state index is 0.325. The molecule has 0 saturated heterocycles. The summed E-state index contributed by atoms with van der Waals surface area (Å²) < 4.78 is 5.35. The molecule has 0 aromatic heterocycles. The van der Waals surface area contributed by atoms with E-state index >= 15 is 0 Å². The van der Waals surface area contributed by atoms with Crippen molar-refractivity contribution in [2.24, 2.45) is 11.8 Å². The highest BCUT2D eigenvalue weighted by Gasteiger charge is 2.19. The first-order chi connectivity index (χ1) is 9.29. The van der Waals surface area contributed by atoms with E-state index in [4.69, 9.17) is 4.74 Å². The van der Waals surface area contributed by atoms with Gasteiger partial charge in [-0.05, 0) is 36.8 Å². The minimum absolute atomic E-state index is 0.325. The van der Waals surface area contributed by atoms with E-state index in [9.17, 15) is 0 Å². The van der Waals surface area contributed by atoms with Gasteiger partial charge in [-0.2, -0.15) is 0 Å². The highest BCUT2D eigenvalue weighted by atomic mass is 16.5. The minimum Gasteiger partial charge on any atom is -0.383 e. The Balaban J connectivity index is 1.84. The second kappa shape index (κ2) is 7.66. The summed E-state index contributed by atoms with van der Waals surface area (Å²) in [7, 11) is 1.78. The van der Waals surface area contributed by atoms with Crippen molar-refractivity contribution in [1.29, 1.82) is 0 Å². The standard InChI is InChI=1S/C17H27NO/c1-14-8-10-15(11-9-14)12-18-17(13-19-2)16-6-4-3-5-7-16/h3-7,14-15,17-18H,8-13H2,1-2H3. The maximum Gasteiger partial charge on any atom is 0.0657 e. The van der Waals surface area contributed by atoms with E-state index in [2.05, 4.69) is 42.6 Å². The molecule has 0 amide bonds. The molecule has 19 heavy (non-hydrogen) atoms. The van der Waals surface area contributed by atoms with Gasteiger partial charge in [0.15, 0.2) is 0 Å². The fourth-order valence-corrected chi connectivity index (χ4v) is 2.97. The van der Waals surface area contributed by atoms with Crippen LogP contribution in [0.1, 0.15) is 44.2 Å². The summed E-state index contributed by atoms with van der Waals surface area (Å²) in [4.78, 5) is 0. The molecule has 2 rings (SSSR count). The number of hydrogen-bond acceptors (Lipinski definition) is 2. The zero-order valence-electron chi connectivity index (χ0n) is 12.3. The molecule has 1 atom stereocenters. The van der Waals surface area contributed by atoms with Crippen LogP contribution >= 0.6 is 0 Å². The van der Waals surface area contributed by atoms with Crippen LogP contribution < -0.4 is 5.32 Å². The quantitative estimate of drug-likeness (QED) is 0.841. The van der Waals surface area contributed by atoms with Crippen LogP contribution in [0.15, 0.2) is 30.3 Å². The van der Waals surface area contributed by atoms with E-state index in [-0.39, 0.29) is 0 Å². The van der Waals surface area contributed by atoms with E-state index in [1.807, 2.05) is 0 Å². The Bertz CT molecular complexity index is 344. The molecule has 1 N–H and O–H groups in total. The fourth-order valence-electron chi connectivity index (χ4n) is 2.97. The summed E-state index contributed by atoms with van der Waals surface area (Å²) >= 11 is 0. The van der Waals surface area contributed by atoms with Crippen LogP contribution in [0.4, 0.5) is 0 Å². The molecule has 1 aromatic rings. The SMILES string of the molecule is COCC(NCC1CCC(C)CC1)c1ccccc1. The Kier molecular flexibility index (Phi) is 5.87. The van der Waals surface area contributed by atoms with Crippen molar-refractivity contribution in [3.05, 3.63) is 35.9 Å². The summed E-state index contributed by atoms with van der Waals surface area (Å²) in [6.07, 6.45) is 5.55. The number of methoxy groups -OCH3 is 1. The summed E-state index contributed by atoms with van der Waals surface area (Å²) in [5.74, 6) is 1.78. The molecule has 0 spiro atoms. The lowest BCUT2D eigenvalue weighted by atomic mass is 9.83. The summed E-state index contributed by atoms with van der Waals surface area (Å²) in [5, 5.41) is 3.70. The van der Waals surface area contributed by atoms with Gasteiger partial charge in [-0.15, -0.1) is 0 Å². The predicted molar refractivity (Wildman–Crippen MR) is 80.2 cm³/mol. The second-order valence-corrected chi connectivity index (χ2v) is 5.95. The third kappa shape index (κ3) is 4.63. The fraction of sp³-hybridized carbons (Fsp3) is 0.647. The first kappa shape index (κ1) is 14.5. The van der Waals surface area contributed by atoms with E-state index in [1.54, 1.807) is 7.11 Å². The van der Waals surface area contributed by atoms with Crippen LogP contribution in [0.5, 0.6) is 0 Å². The average molecular weight is 261 g/mol. The van der Waals surface area contributed by atoms with Gasteiger partial charge < -0.3 is 10.1 Å². The third-order valence-corrected chi connectivity index (χ3v) is 4.32. The van der Waals surface area contributed by atoms with Crippen molar-refractivity contribution >= 4 is 0 Å². The monoisotopic (exact) mass is 261 g/mol.